The van der Waals surface area contributed by atoms with Gasteiger partial charge in [0, 0.05) is 18.7 Å². The van der Waals surface area contributed by atoms with Crippen molar-refractivity contribution in [2.75, 3.05) is 5.32 Å². The maximum atomic E-state index is 12.2. The average Bonchev–Trinajstić information content (AvgIpc) is 3.18. The number of anilines is 1. The van der Waals surface area contributed by atoms with E-state index in [1.165, 1.54) is 10.2 Å². The van der Waals surface area contributed by atoms with E-state index in [1.54, 1.807) is 24.6 Å². The number of nitrogens with zero attached hydrogens (tertiary/aromatic N) is 5. The minimum absolute atomic E-state index is 0.00430. The van der Waals surface area contributed by atoms with E-state index in [1.807, 2.05) is 37.4 Å². The Bertz CT molecular complexity index is 1020. The van der Waals surface area contributed by atoms with Gasteiger partial charge in [-0.15, -0.1) is 0 Å². The van der Waals surface area contributed by atoms with Crippen LogP contribution in [0.4, 0.5) is 11.5 Å². The normalized spacial score (nSPS) is 10.8. The summed E-state index contributed by atoms with van der Waals surface area (Å²) in [6, 6.07) is 9.81. The third-order valence-electron chi connectivity index (χ3n) is 4.58. The van der Waals surface area contributed by atoms with Gasteiger partial charge >= 0.3 is 5.69 Å². The van der Waals surface area contributed by atoms with Gasteiger partial charge in [0.2, 0.25) is 5.91 Å². The van der Waals surface area contributed by atoms with Gasteiger partial charge < -0.3 is 5.32 Å². The molecule has 9 nitrogen and oxygen atoms in total. The number of hydrogen-bond donors (Lipinski definition) is 1. The number of nitrogens with one attached hydrogen (secondary N) is 1. The van der Waals surface area contributed by atoms with Crippen LogP contribution in [-0.4, -0.2) is 30.4 Å². The van der Waals surface area contributed by atoms with Gasteiger partial charge in [0.25, 0.3) is 0 Å². The molecule has 0 bridgehead atoms. The number of hydrogen-bond acceptors (Lipinski definition) is 5. The maximum Gasteiger partial charge on any atom is 0.312 e. The van der Waals surface area contributed by atoms with E-state index in [2.05, 4.69) is 15.5 Å². The van der Waals surface area contributed by atoms with E-state index in [9.17, 15) is 14.9 Å². The minimum Gasteiger partial charge on any atom is -0.309 e. The van der Waals surface area contributed by atoms with Crippen LogP contribution in [0.1, 0.15) is 28.9 Å². The molecule has 0 fully saturated rings. The van der Waals surface area contributed by atoms with Crippen LogP contribution >= 0.6 is 0 Å². The second-order valence-electron chi connectivity index (χ2n) is 6.62. The molecule has 0 unspecified atom stereocenters. The standard InChI is InChI=1S/C19H22N6O3/c1-13-6-4-5-7-16(13)12-23-10-8-17(22-23)20-18(26)9-11-24-15(3)19(25(27)28)14(2)21-24/h4-8,10H,9,11-12H2,1-3H3,(H,20,22,26). The van der Waals surface area contributed by atoms with Crippen LogP contribution in [0.2, 0.25) is 0 Å². The van der Waals surface area contributed by atoms with Crippen LogP contribution in [0.5, 0.6) is 0 Å². The second-order valence-corrected chi connectivity index (χ2v) is 6.62. The zero-order valence-electron chi connectivity index (χ0n) is 16.0. The van der Waals surface area contributed by atoms with Crippen LogP contribution in [0.15, 0.2) is 36.5 Å². The molecule has 0 atom stereocenters. The number of rotatable bonds is 7. The first kappa shape index (κ1) is 19.3. The molecule has 28 heavy (non-hydrogen) atoms. The van der Waals surface area contributed by atoms with Gasteiger partial charge in [0.1, 0.15) is 11.4 Å². The lowest BCUT2D eigenvalue weighted by atomic mass is 10.1. The first-order valence-corrected chi connectivity index (χ1v) is 8.91. The highest BCUT2D eigenvalue weighted by Crippen LogP contribution is 2.22. The Morgan fingerprint density at radius 1 is 1.18 bits per heavy atom. The number of carbonyl (C=O) groups is 1. The van der Waals surface area contributed by atoms with Crippen molar-refractivity contribution in [3.8, 4) is 0 Å². The molecule has 1 aromatic carbocycles. The number of amides is 1. The smallest absolute Gasteiger partial charge is 0.309 e. The van der Waals surface area contributed by atoms with Gasteiger partial charge in [0.15, 0.2) is 5.82 Å². The zero-order valence-corrected chi connectivity index (χ0v) is 16.0. The summed E-state index contributed by atoms with van der Waals surface area (Å²) in [4.78, 5) is 22.8. The van der Waals surface area contributed by atoms with E-state index in [4.69, 9.17) is 0 Å². The van der Waals surface area contributed by atoms with Gasteiger partial charge in [-0.2, -0.15) is 10.2 Å². The fourth-order valence-electron chi connectivity index (χ4n) is 3.06. The number of benzene rings is 1. The molecule has 2 aromatic heterocycles. The Labute approximate surface area is 162 Å². The maximum absolute atomic E-state index is 12.2. The Kier molecular flexibility index (Phi) is 5.53. The van der Waals surface area contributed by atoms with Gasteiger partial charge in [0.05, 0.1) is 18.0 Å². The molecule has 3 rings (SSSR count). The molecular formula is C19H22N6O3. The van der Waals surface area contributed by atoms with Gasteiger partial charge in [-0.05, 0) is 31.9 Å². The molecule has 0 spiro atoms. The summed E-state index contributed by atoms with van der Waals surface area (Å²) in [6.07, 6.45) is 1.95. The van der Waals surface area contributed by atoms with Gasteiger partial charge in [-0.25, -0.2) is 0 Å². The predicted octanol–water partition coefficient (Wildman–Crippen LogP) is 2.99. The first-order valence-electron chi connectivity index (χ1n) is 8.91. The minimum atomic E-state index is -0.449. The lowest BCUT2D eigenvalue weighted by Crippen LogP contribution is -2.16. The van der Waals surface area contributed by atoms with Crippen molar-refractivity contribution in [1.29, 1.82) is 0 Å². The molecule has 1 amide bonds. The van der Waals surface area contributed by atoms with E-state index in [0.29, 0.717) is 23.8 Å². The Hall–Kier alpha value is -3.49. The van der Waals surface area contributed by atoms with Crippen LogP contribution in [0, 0.1) is 30.9 Å². The molecule has 0 radical (unpaired) electrons. The number of carbonyl (C=O) groups excluding carboxylic acids is 1. The van der Waals surface area contributed by atoms with E-state index in [0.717, 1.165) is 5.56 Å². The van der Waals surface area contributed by atoms with Crippen molar-refractivity contribution in [2.24, 2.45) is 0 Å². The first-order chi connectivity index (χ1) is 13.3. The fourth-order valence-corrected chi connectivity index (χ4v) is 3.06. The molecule has 9 heteroatoms. The SMILES string of the molecule is Cc1ccccc1Cn1ccc(NC(=O)CCn2nc(C)c([N+](=O)[O-])c2C)n1. The molecule has 2 heterocycles. The third-order valence-corrected chi connectivity index (χ3v) is 4.58. The summed E-state index contributed by atoms with van der Waals surface area (Å²) in [5, 5.41) is 22.3. The van der Waals surface area contributed by atoms with Crippen LogP contribution in [-0.2, 0) is 17.9 Å². The van der Waals surface area contributed by atoms with Crippen LogP contribution < -0.4 is 5.32 Å². The highest BCUT2D eigenvalue weighted by molar-refractivity contribution is 5.89. The molecule has 146 valence electrons. The summed E-state index contributed by atoms with van der Waals surface area (Å²) < 4.78 is 3.26. The Balaban J connectivity index is 1.57. The zero-order chi connectivity index (χ0) is 20.3. The second kappa shape index (κ2) is 8.03. The lowest BCUT2D eigenvalue weighted by Gasteiger charge is -2.06. The number of aromatic nitrogens is 4. The van der Waals surface area contributed by atoms with E-state index >= 15 is 0 Å². The summed E-state index contributed by atoms with van der Waals surface area (Å²) in [5.74, 6) is 0.245. The molecule has 0 aliphatic rings. The summed E-state index contributed by atoms with van der Waals surface area (Å²) in [5.41, 5.74) is 3.13. The van der Waals surface area contributed by atoms with Crippen molar-refractivity contribution in [3.05, 3.63) is 69.2 Å². The predicted molar refractivity (Wildman–Crippen MR) is 104 cm³/mol. The topological polar surface area (TPSA) is 108 Å². The summed E-state index contributed by atoms with van der Waals surface area (Å²) in [6.45, 7) is 6.14. The number of nitro groups is 1. The van der Waals surface area contributed by atoms with Crippen molar-refractivity contribution < 1.29 is 9.72 Å². The van der Waals surface area contributed by atoms with E-state index in [-0.39, 0.29) is 24.6 Å². The van der Waals surface area contributed by atoms with Crippen LogP contribution in [0.3, 0.4) is 0 Å². The summed E-state index contributed by atoms with van der Waals surface area (Å²) >= 11 is 0. The van der Waals surface area contributed by atoms with Crippen LogP contribution in [0.25, 0.3) is 0 Å². The molecule has 0 saturated heterocycles. The monoisotopic (exact) mass is 382 g/mol. The Morgan fingerprint density at radius 3 is 2.61 bits per heavy atom. The van der Waals surface area contributed by atoms with Crippen molar-refractivity contribution in [1.82, 2.24) is 19.6 Å². The number of aryl methyl sites for hydroxylation is 3. The van der Waals surface area contributed by atoms with E-state index < -0.39 is 4.92 Å². The molecule has 3 aromatic rings. The fraction of sp³-hybridized carbons (Fsp3) is 0.316. The van der Waals surface area contributed by atoms with Crippen molar-refractivity contribution in [3.63, 3.8) is 0 Å². The van der Waals surface area contributed by atoms with Crippen molar-refractivity contribution in [2.45, 2.75) is 40.3 Å². The molecule has 0 aliphatic heterocycles. The van der Waals surface area contributed by atoms with Gasteiger partial charge in [-0.1, -0.05) is 24.3 Å². The van der Waals surface area contributed by atoms with Crippen molar-refractivity contribution >= 4 is 17.4 Å². The molecule has 0 saturated carbocycles. The summed E-state index contributed by atoms with van der Waals surface area (Å²) in [7, 11) is 0. The highest BCUT2D eigenvalue weighted by atomic mass is 16.6. The van der Waals surface area contributed by atoms with Gasteiger partial charge in [-0.3, -0.25) is 24.3 Å². The third kappa shape index (κ3) is 4.25. The quantitative estimate of drug-likeness (QED) is 0.499. The molecular weight excluding hydrogens is 360 g/mol. The lowest BCUT2D eigenvalue weighted by molar-refractivity contribution is -0.386. The largest absolute Gasteiger partial charge is 0.312 e. The molecule has 0 aliphatic carbocycles. The Morgan fingerprint density at radius 2 is 1.93 bits per heavy atom. The average molecular weight is 382 g/mol. The highest BCUT2D eigenvalue weighted by Gasteiger charge is 2.21. The molecule has 1 N–H and O–H groups in total.